The Hall–Kier alpha value is -2.01. The highest BCUT2D eigenvalue weighted by Crippen LogP contribution is 2.19. The van der Waals surface area contributed by atoms with E-state index in [9.17, 15) is 9.18 Å². The zero-order valence-electron chi connectivity index (χ0n) is 9.11. The van der Waals surface area contributed by atoms with Crippen molar-refractivity contribution >= 4 is 23.3 Å². The first-order chi connectivity index (χ1) is 8.56. The number of carboxylic acid groups (broad SMARTS) is 1. The van der Waals surface area contributed by atoms with Crippen LogP contribution in [0.2, 0.25) is 5.02 Å². The monoisotopic (exact) mass is 269 g/mol. The van der Waals surface area contributed by atoms with Crippen LogP contribution in [0.5, 0.6) is 0 Å². The van der Waals surface area contributed by atoms with Gasteiger partial charge in [-0.05, 0) is 24.3 Å². The van der Waals surface area contributed by atoms with Crippen LogP contribution < -0.4 is 5.32 Å². The summed E-state index contributed by atoms with van der Waals surface area (Å²) in [5, 5.41) is 12.0. The molecule has 0 fully saturated rings. The van der Waals surface area contributed by atoms with Crippen molar-refractivity contribution in [2.45, 2.75) is 6.54 Å². The lowest BCUT2D eigenvalue weighted by Crippen LogP contribution is -2.04. The minimum atomic E-state index is -1.14. The molecule has 2 rings (SSSR count). The molecule has 0 atom stereocenters. The predicted octanol–water partition coefficient (Wildman–Crippen LogP) is 3.38. The smallest absolute Gasteiger partial charge is 0.372 e. The van der Waals surface area contributed by atoms with Crippen molar-refractivity contribution in [2.75, 3.05) is 5.32 Å². The summed E-state index contributed by atoms with van der Waals surface area (Å²) in [5.74, 6) is -1.74. The number of anilines is 1. The van der Waals surface area contributed by atoms with Crippen LogP contribution in [0.3, 0.4) is 0 Å². The molecule has 0 unspecified atom stereocenters. The van der Waals surface area contributed by atoms with E-state index in [1.807, 2.05) is 0 Å². The van der Waals surface area contributed by atoms with E-state index >= 15 is 0 Å². The zero-order chi connectivity index (χ0) is 13.1. The van der Waals surface area contributed by atoms with E-state index in [-0.39, 0.29) is 17.3 Å². The Labute approximate surface area is 107 Å². The second kappa shape index (κ2) is 5.10. The molecule has 94 valence electrons. The summed E-state index contributed by atoms with van der Waals surface area (Å²) in [4.78, 5) is 10.8. The number of benzene rings is 1. The van der Waals surface area contributed by atoms with E-state index in [0.29, 0.717) is 11.3 Å². The lowest BCUT2D eigenvalue weighted by atomic mass is 10.2. The van der Waals surface area contributed by atoms with Crippen LogP contribution in [-0.2, 0) is 6.54 Å². The SMILES string of the molecule is O=C(O)c1occc1CNc1cc(F)cc(Cl)c1. The summed E-state index contributed by atoms with van der Waals surface area (Å²) >= 11 is 5.70. The van der Waals surface area contributed by atoms with Crippen molar-refractivity contribution < 1.29 is 18.7 Å². The zero-order valence-corrected chi connectivity index (χ0v) is 9.87. The van der Waals surface area contributed by atoms with Crippen LogP contribution in [0, 0.1) is 5.82 Å². The second-order valence-electron chi connectivity index (χ2n) is 3.59. The van der Waals surface area contributed by atoms with Crippen LogP contribution in [-0.4, -0.2) is 11.1 Å². The number of aromatic carboxylic acids is 1. The molecule has 6 heteroatoms. The maximum Gasteiger partial charge on any atom is 0.372 e. The molecule has 1 aromatic heterocycles. The molecule has 1 aromatic carbocycles. The number of hydrogen-bond donors (Lipinski definition) is 2. The van der Waals surface area contributed by atoms with E-state index in [1.165, 1.54) is 24.5 Å². The molecule has 0 aliphatic rings. The molecule has 4 nitrogen and oxygen atoms in total. The van der Waals surface area contributed by atoms with Crippen molar-refractivity contribution in [2.24, 2.45) is 0 Å². The van der Waals surface area contributed by atoms with Gasteiger partial charge in [0.25, 0.3) is 0 Å². The predicted molar refractivity (Wildman–Crippen MR) is 64.4 cm³/mol. The number of nitrogens with one attached hydrogen (secondary N) is 1. The average Bonchev–Trinajstić information content (AvgIpc) is 2.73. The van der Waals surface area contributed by atoms with Gasteiger partial charge in [0.2, 0.25) is 5.76 Å². The van der Waals surface area contributed by atoms with Crippen molar-refractivity contribution in [3.05, 3.63) is 52.7 Å². The molecule has 2 aromatic rings. The fourth-order valence-electron chi connectivity index (χ4n) is 1.52. The summed E-state index contributed by atoms with van der Waals surface area (Å²) in [6.07, 6.45) is 1.29. The maximum atomic E-state index is 13.1. The van der Waals surface area contributed by atoms with Crippen LogP contribution in [0.15, 0.2) is 34.9 Å². The molecule has 18 heavy (non-hydrogen) atoms. The summed E-state index contributed by atoms with van der Waals surface area (Å²) in [7, 11) is 0. The van der Waals surface area contributed by atoms with Gasteiger partial charge in [-0.2, -0.15) is 0 Å². The standard InChI is InChI=1S/C12H9ClFNO3/c13-8-3-9(14)5-10(4-8)15-6-7-1-2-18-11(7)12(16)17/h1-5,15H,6H2,(H,16,17). The molecular weight excluding hydrogens is 261 g/mol. The minimum Gasteiger partial charge on any atom is -0.475 e. The number of carboxylic acids is 1. The van der Waals surface area contributed by atoms with Gasteiger partial charge in [0.05, 0.1) is 6.26 Å². The fraction of sp³-hybridized carbons (Fsp3) is 0.0833. The first kappa shape index (κ1) is 12.4. The van der Waals surface area contributed by atoms with Gasteiger partial charge in [-0.25, -0.2) is 9.18 Å². The van der Waals surface area contributed by atoms with Gasteiger partial charge in [0, 0.05) is 22.8 Å². The van der Waals surface area contributed by atoms with Crippen LogP contribution in [0.4, 0.5) is 10.1 Å². The number of halogens is 2. The average molecular weight is 270 g/mol. The number of hydrogen-bond acceptors (Lipinski definition) is 3. The molecule has 0 saturated heterocycles. The van der Waals surface area contributed by atoms with Gasteiger partial charge in [-0.15, -0.1) is 0 Å². The van der Waals surface area contributed by atoms with Gasteiger partial charge >= 0.3 is 5.97 Å². The number of rotatable bonds is 4. The Morgan fingerprint density at radius 1 is 1.44 bits per heavy atom. The maximum absolute atomic E-state index is 13.1. The fourth-order valence-corrected chi connectivity index (χ4v) is 1.74. The van der Waals surface area contributed by atoms with E-state index < -0.39 is 11.8 Å². The summed E-state index contributed by atoms with van der Waals surface area (Å²) < 4.78 is 17.9. The van der Waals surface area contributed by atoms with E-state index in [4.69, 9.17) is 21.1 Å². The normalized spacial score (nSPS) is 10.3. The molecule has 0 bridgehead atoms. The van der Waals surface area contributed by atoms with Crippen molar-refractivity contribution in [1.29, 1.82) is 0 Å². The first-order valence-corrected chi connectivity index (χ1v) is 5.43. The summed E-state index contributed by atoms with van der Waals surface area (Å²) in [6, 6.07) is 5.54. The quantitative estimate of drug-likeness (QED) is 0.893. The van der Waals surface area contributed by atoms with E-state index in [2.05, 4.69) is 5.32 Å². The number of furan rings is 1. The van der Waals surface area contributed by atoms with Gasteiger partial charge in [-0.3, -0.25) is 0 Å². The Morgan fingerprint density at radius 3 is 2.89 bits per heavy atom. The molecule has 0 aliphatic carbocycles. The van der Waals surface area contributed by atoms with Crippen LogP contribution >= 0.6 is 11.6 Å². The third-order valence-electron chi connectivity index (χ3n) is 2.29. The number of carbonyl (C=O) groups is 1. The highest BCUT2D eigenvalue weighted by molar-refractivity contribution is 6.30. The molecular formula is C12H9ClFNO3. The van der Waals surface area contributed by atoms with Crippen LogP contribution in [0.1, 0.15) is 16.1 Å². The Morgan fingerprint density at radius 2 is 2.22 bits per heavy atom. The summed E-state index contributed by atoms with van der Waals surface area (Å²) in [5.41, 5.74) is 0.945. The van der Waals surface area contributed by atoms with Crippen molar-refractivity contribution in [1.82, 2.24) is 0 Å². The Balaban J connectivity index is 2.11. The summed E-state index contributed by atoms with van der Waals surface area (Å²) in [6.45, 7) is 0.206. The highest BCUT2D eigenvalue weighted by atomic mass is 35.5. The molecule has 0 spiro atoms. The minimum absolute atomic E-state index is 0.134. The largest absolute Gasteiger partial charge is 0.475 e. The van der Waals surface area contributed by atoms with Gasteiger partial charge < -0.3 is 14.8 Å². The Kier molecular flexibility index (Phi) is 3.53. The third-order valence-corrected chi connectivity index (χ3v) is 2.50. The second-order valence-corrected chi connectivity index (χ2v) is 4.03. The Bertz CT molecular complexity index is 562. The van der Waals surface area contributed by atoms with Gasteiger partial charge in [0.1, 0.15) is 5.82 Å². The van der Waals surface area contributed by atoms with Gasteiger partial charge in [0.15, 0.2) is 0 Å². The first-order valence-electron chi connectivity index (χ1n) is 5.06. The molecule has 0 aliphatic heterocycles. The molecule has 0 amide bonds. The molecule has 2 N–H and O–H groups in total. The molecule has 1 heterocycles. The third kappa shape index (κ3) is 2.81. The lowest BCUT2D eigenvalue weighted by Gasteiger charge is -2.06. The van der Waals surface area contributed by atoms with E-state index in [1.54, 1.807) is 6.07 Å². The topological polar surface area (TPSA) is 62.5 Å². The van der Waals surface area contributed by atoms with Crippen LogP contribution in [0.25, 0.3) is 0 Å². The van der Waals surface area contributed by atoms with Crippen molar-refractivity contribution in [3.63, 3.8) is 0 Å². The molecule has 0 saturated carbocycles. The van der Waals surface area contributed by atoms with Crippen molar-refractivity contribution in [3.8, 4) is 0 Å². The lowest BCUT2D eigenvalue weighted by molar-refractivity contribution is 0.0661. The van der Waals surface area contributed by atoms with E-state index in [0.717, 1.165) is 0 Å². The highest BCUT2D eigenvalue weighted by Gasteiger charge is 2.13. The van der Waals surface area contributed by atoms with Gasteiger partial charge in [-0.1, -0.05) is 11.6 Å². The molecule has 0 radical (unpaired) electrons.